The van der Waals surface area contributed by atoms with Gasteiger partial charge in [-0.3, -0.25) is 5.41 Å². The molecule has 0 aliphatic heterocycles. The first-order chi connectivity index (χ1) is 5.91. The summed E-state index contributed by atoms with van der Waals surface area (Å²) >= 11 is 0. The first-order valence-corrected chi connectivity index (χ1v) is 4.64. The molecule has 3 N–H and O–H groups in total. The van der Waals surface area contributed by atoms with Gasteiger partial charge in [0.15, 0.2) is 0 Å². The van der Waals surface area contributed by atoms with Crippen molar-refractivity contribution in [2.45, 2.75) is 27.2 Å². The van der Waals surface area contributed by atoms with E-state index in [0.29, 0.717) is 0 Å². The van der Waals surface area contributed by atoms with E-state index in [4.69, 9.17) is 11.1 Å². The van der Waals surface area contributed by atoms with Gasteiger partial charge in [-0.2, -0.15) is 0 Å². The van der Waals surface area contributed by atoms with E-state index in [0.717, 1.165) is 6.42 Å². The Morgan fingerprint density at radius 1 is 1.54 bits per heavy atom. The molecule has 1 unspecified atom stereocenters. The van der Waals surface area contributed by atoms with Crippen molar-refractivity contribution in [2.75, 3.05) is 0 Å². The number of rotatable bonds is 1. The fourth-order valence-corrected chi connectivity index (χ4v) is 1.41. The van der Waals surface area contributed by atoms with Gasteiger partial charge in [-0.05, 0) is 17.4 Å². The third-order valence-electron chi connectivity index (χ3n) is 2.37. The number of nitrogens with one attached hydrogen (secondary N) is 1. The highest BCUT2D eigenvalue weighted by Crippen LogP contribution is 2.30. The van der Waals surface area contributed by atoms with Crippen LogP contribution in [0.15, 0.2) is 23.8 Å². The molecule has 0 fully saturated rings. The zero-order chi connectivity index (χ0) is 10.1. The molecule has 0 heterocycles. The van der Waals surface area contributed by atoms with Crippen LogP contribution in [-0.4, -0.2) is 5.84 Å². The highest BCUT2D eigenvalue weighted by Gasteiger charge is 2.19. The molecule has 0 saturated carbocycles. The van der Waals surface area contributed by atoms with Gasteiger partial charge >= 0.3 is 0 Å². The van der Waals surface area contributed by atoms with Crippen LogP contribution in [0.5, 0.6) is 0 Å². The molecule has 13 heavy (non-hydrogen) atoms. The van der Waals surface area contributed by atoms with E-state index in [1.165, 1.54) is 5.57 Å². The fraction of sp³-hybridized carbons (Fsp3) is 0.545. The van der Waals surface area contributed by atoms with E-state index in [-0.39, 0.29) is 17.2 Å². The zero-order valence-electron chi connectivity index (χ0n) is 8.59. The van der Waals surface area contributed by atoms with Gasteiger partial charge in [0.1, 0.15) is 0 Å². The zero-order valence-corrected chi connectivity index (χ0v) is 8.59. The molecule has 1 aliphatic rings. The van der Waals surface area contributed by atoms with E-state index >= 15 is 0 Å². The lowest BCUT2D eigenvalue weighted by molar-refractivity contribution is 0.510. The molecular weight excluding hydrogens is 160 g/mol. The van der Waals surface area contributed by atoms with Gasteiger partial charge in [0.25, 0.3) is 0 Å². The van der Waals surface area contributed by atoms with Gasteiger partial charge in [0.05, 0.1) is 5.84 Å². The molecule has 72 valence electrons. The largest absolute Gasteiger partial charge is 0.387 e. The minimum Gasteiger partial charge on any atom is -0.387 e. The second-order valence-corrected chi connectivity index (χ2v) is 4.57. The molecule has 2 heteroatoms. The quantitative estimate of drug-likeness (QED) is 0.470. The average Bonchev–Trinajstić information content (AvgIpc) is 2.03. The lowest BCUT2D eigenvalue weighted by Gasteiger charge is -2.24. The van der Waals surface area contributed by atoms with E-state index in [9.17, 15) is 0 Å². The Hall–Kier alpha value is -1.05. The lowest BCUT2D eigenvalue weighted by Crippen LogP contribution is -2.22. The monoisotopic (exact) mass is 178 g/mol. The predicted molar refractivity (Wildman–Crippen MR) is 56.7 cm³/mol. The minimum absolute atomic E-state index is 0.117. The Morgan fingerprint density at radius 3 is 2.46 bits per heavy atom. The molecule has 0 aromatic rings. The molecule has 0 bridgehead atoms. The molecule has 1 aliphatic carbocycles. The normalized spacial score (nSPS) is 22.7. The molecule has 0 radical (unpaired) electrons. The van der Waals surface area contributed by atoms with Crippen LogP contribution in [0.4, 0.5) is 0 Å². The lowest BCUT2D eigenvalue weighted by atomic mass is 9.81. The predicted octanol–water partition coefficient (Wildman–Crippen LogP) is 2.47. The van der Waals surface area contributed by atoms with Crippen LogP contribution in [0.2, 0.25) is 0 Å². The summed E-state index contributed by atoms with van der Waals surface area (Å²) in [6.07, 6.45) is 7.18. The summed E-state index contributed by atoms with van der Waals surface area (Å²) in [5.41, 5.74) is 6.97. The number of hydrogen-bond acceptors (Lipinski definition) is 1. The van der Waals surface area contributed by atoms with Crippen LogP contribution in [0.3, 0.4) is 0 Å². The third kappa shape index (κ3) is 2.44. The summed E-state index contributed by atoms with van der Waals surface area (Å²) in [6, 6.07) is 0. The van der Waals surface area contributed by atoms with Crippen molar-refractivity contribution in [3.63, 3.8) is 0 Å². The Morgan fingerprint density at radius 2 is 2.15 bits per heavy atom. The summed E-state index contributed by atoms with van der Waals surface area (Å²) < 4.78 is 0. The first kappa shape index (κ1) is 10.0. The van der Waals surface area contributed by atoms with E-state index < -0.39 is 0 Å². The fourth-order valence-electron chi connectivity index (χ4n) is 1.41. The Balaban J connectivity index is 2.71. The molecule has 0 amide bonds. The Labute approximate surface area is 80.0 Å². The second kappa shape index (κ2) is 3.36. The number of nitrogens with two attached hydrogens (primary N) is 1. The highest BCUT2D eigenvalue weighted by atomic mass is 14.7. The van der Waals surface area contributed by atoms with Crippen molar-refractivity contribution < 1.29 is 0 Å². The van der Waals surface area contributed by atoms with Gasteiger partial charge in [0, 0.05) is 5.92 Å². The number of hydrogen-bond donors (Lipinski definition) is 2. The van der Waals surface area contributed by atoms with Crippen LogP contribution in [0.1, 0.15) is 27.2 Å². The van der Waals surface area contributed by atoms with Crippen molar-refractivity contribution in [1.82, 2.24) is 0 Å². The maximum Gasteiger partial charge on any atom is 0.0978 e. The van der Waals surface area contributed by atoms with E-state index in [1.807, 2.05) is 6.08 Å². The van der Waals surface area contributed by atoms with Crippen LogP contribution < -0.4 is 5.73 Å². The third-order valence-corrected chi connectivity index (χ3v) is 2.37. The van der Waals surface area contributed by atoms with Crippen molar-refractivity contribution in [3.05, 3.63) is 23.8 Å². The maximum atomic E-state index is 7.31. The van der Waals surface area contributed by atoms with Gasteiger partial charge in [-0.25, -0.2) is 0 Å². The maximum absolute atomic E-state index is 7.31. The van der Waals surface area contributed by atoms with Crippen molar-refractivity contribution in [3.8, 4) is 0 Å². The topological polar surface area (TPSA) is 49.9 Å². The summed E-state index contributed by atoms with van der Waals surface area (Å²) in [7, 11) is 0. The summed E-state index contributed by atoms with van der Waals surface area (Å²) in [5.74, 6) is 0.381. The van der Waals surface area contributed by atoms with Crippen LogP contribution in [-0.2, 0) is 0 Å². The molecule has 1 rings (SSSR count). The Kier molecular flexibility index (Phi) is 2.60. The Bertz CT molecular complexity index is 266. The van der Waals surface area contributed by atoms with E-state index in [2.05, 4.69) is 32.9 Å². The SMILES string of the molecule is CC(C)(C)C1=CCC(C(=N)N)C=C1. The van der Waals surface area contributed by atoms with Gasteiger partial charge in [0.2, 0.25) is 0 Å². The number of allylic oxidation sites excluding steroid dienone is 3. The molecule has 0 aromatic carbocycles. The standard InChI is InChI=1S/C11H18N2/c1-11(2,3)9-6-4-8(5-7-9)10(12)13/h4,6-8H,5H2,1-3H3,(H3,12,13). The van der Waals surface area contributed by atoms with Gasteiger partial charge < -0.3 is 5.73 Å². The molecule has 1 atom stereocenters. The van der Waals surface area contributed by atoms with Crippen molar-refractivity contribution in [1.29, 1.82) is 5.41 Å². The van der Waals surface area contributed by atoms with Crippen LogP contribution in [0.25, 0.3) is 0 Å². The highest BCUT2D eigenvalue weighted by molar-refractivity contribution is 5.81. The number of amidine groups is 1. The molecular formula is C11H18N2. The van der Waals surface area contributed by atoms with E-state index in [1.54, 1.807) is 0 Å². The van der Waals surface area contributed by atoms with Crippen LogP contribution >= 0.6 is 0 Å². The van der Waals surface area contributed by atoms with Gasteiger partial charge in [-0.1, -0.05) is 39.0 Å². The van der Waals surface area contributed by atoms with Crippen LogP contribution in [0, 0.1) is 16.7 Å². The van der Waals surface area contributed by atoms with Gasteiger partial charge in [-0.15, -0.1) is 0 Å². The molecule has 2 nitrogen and oxygen atoms in total. The summed E-state index contributed by atoms with van der Waals surface area (Å²) in [4.78, 5) is 0. The van der Waals surface area contributed by atoms with Crippen molar-refractivity contribution in [2.24, 2.45) is 17.1 Å². The molecule has 0 saturated heterocycles. The minimum atomic E-state index is 0.117. The van der Waals surface area contributed by atoms with Crippen molar-refractivity contribution >= 4 is 5.84 Å². The molecule has 0 spiro atoms. The summed E-state index contributed by atoms with van der Waals surface area (Å²) in [6.45, 7) is 6.58. The molecule has 0 aromatic heterocycles. The smallest absolute Gasteiger partial charge is 0.0978 e. The average molecular weight is 178 g/mol. The summed E-state index contributed by atoms with van der Waals surface area (Å²) in [5, 5.41) is 7.31. The first-order valence-electron chi connectivity index (χ1n) is 4.64. The second-order valence-electron chi connectivity index (χ2n) is 4.57.